The lowest BCUT2D eigenvalue weighted by Crippen LogP contribution is -2.59. The fourth-order valence-electron chi connectivity index (χ4n) is 2.16. The molecule has 20 heavy (non-hydrogen) atoms. The summed E-state index contributed by atoms with van der Waals surface area (Å²) in [5.74, 6) is -1.68. The summed E-state index contributed by atoms with van der Waals surface area (Å²) in [5.41, 5.74) is 0.940. The third-order valence-corrected chi connectivity index (χ3v) is 3.17. The number of nitrogens with one attached hydrogen (secondary N) is 3. The van der Waals surface area contributed by atoms with Gasteiger partial charge in [-0.1, -0.05) is 30.3 Å². The second kappa shape index (κ2) is 5.62. The molecule has 0 amide bonds. The van der Waals surface area contributed by atoms with Crippen LogP contribution < -0.4 is 5.32 Å². The van der Waals surface area contributed by atoms with E-state index in [9.17, 15) is 13.2 Å². The standard InChI is InChI=1S/C13H15F3N4/c14-13(15,16)12(18)20-7-6-19-10(11(20)17)8-9-4-2-1-3-5-9/h1-5,10,17-19H,6-8H2. The Morgan fingerprint density at radius 1 is 1.30 bits per heavy atom. The summed E-state index contributed by atoms with van der Waals surface area (Å²) >= 11 is 0. The van der Waals surface area contributed by atoms with E-state index in [1.54, 1.807) is 0 Å². The topological polar surface area (TPSA) is 63.0 Å². The molecule has 2 rings (SSSR count). The maximum atomic E-state index is 12.6. The Hall–Kier alpha value is -1.89. The minimum Gasteiger partial charge on any atom is -0.309 e. The van der Waals surface area contributed by atoms with Crippen LogP contribution in [0, 0.1) is 10.8 Å². The number of nitrogens with zero attached hydrogens (tertiary/aromatic N) is 1. The first-order chi connectivity index (χ1) is 9.39. The third-order valence-electron chi connectivity index (χ3n) is 3.17. The van der Waals surface area contributed by atoms with Gasteiger partial charge in [0.25, 0.3) is 0 Å². The van der Waals surface area contributed by atoms with Gasteiger partial charge in [-0.15, -0.1) is 0 Å². The highest BCUT2D eigenvalue weighted by atomic mass is 19.4. The Balaban J connectivity index is 2.09. The minimum absolute atomic E-state index is 0.0114. The average molecular weight is 284 g/mol. The van der Waals surface area contributed by atoms with Crippen molar-refractivity contribution in [1.82, 2.24) is 10.2 Å². The van der Waals surface area contributed by atoms with Crippen molar-refractivity contribution in [1.29, 1.82) is 10.8 Å². The summed E-state index contributed by atoms with van der Waals surface area (Å²) in [4.78, 5) is 0.726. The highest BCUT2D eigenvalue weighted by molar-refractivity contribution is 6.03. The van der Waals surface area contributed by atoms with Crippen LogP contribution in [-0.4, -0.2) is 41.9 Å². The minimum atomic E-state index is -4.72. The van der Waals surface area contributed by atoms with E-state index in [0.717, 1.165) is 10.5 Å². The number of piperazine rings is 1. The fourth-order valence-corrected chi connectivity index (χ4v) is 2.16. The first-order valence-corrected chi connectivity index (χ1v) is 6.18. The lowest BCUT2D eigenvalue weighted by atomic mass is 10.0. The van der Waals surface area contributed by atoms with E-state index in [1.165, 1.54) is 0 Å². The van der Waals surface area contributed by atoms with Gasteiger partial charge in [0, 0.05) is 13.1 Å². The predicted molar refractivity (Wildman–Crippen MR) is 70.2 cm³/mol. The van der Waals surface area contributed by atoms with Crippen LogP contribution in [0.4, 0.5) is 13.2 Å². The molecule has 1 atom stereocenters. The van der Waals surface area contributed by atoms with Crippen LogP contribution in [0.15, 0.2) is 30.3 Å². The van der Waals surface area contributed by atoms with E-state index in [0.29, 0.717) is 13.0 Å². The quantitative estimate of drug-likeness (QED) is 0.574. The third kappa shape index (κ3) is 3.16. The molecule has 1 aliphatic rings. The normalized spacial score (nSPS) is 20.1. The molecule has 3 N–H and O–H groups in total. The van der Waals surface area contributed by atoms with E-state index in [-0.39, 0.29) is 12.4 Å². The number of benzene rings is 1. The van der Waals surface area contributed by atoms with Crippen LogP contribution in [0.5, 0.6) is 0 Å². The zero-order valence-corrected chi connectivity index (χ0v) is 10.7. The molecular weight excluding hydrogens is 269 g/mol. The van der Waals surface area contributed by atoms with Gasteiger partial charge in [-0.05, 0) is 12.0 Å². The van der Waals surface area contributed by atoms with Gasteiger partial charge >= 0.3 is 6.18 Å². The lowest BCUT2D eigenvalue weighted by Gasteiger charge is -2.36. The molecule has 1 aromatic rings. The maximum Gasteiger partial charge on any atom is 0.449 e. The molecule has 1 aliphatic heterocycles. The highest BCUT2D eigenvalue weighted by Gasteiger charge is 2.42. The summed E-state index contributed by atoms with van der Waals surface area (Å²) in [5, 5.41) is 18.1. The average Bonchev–Trinajstić information content (AvgIpc) is 2.40. The largest absolute Gasteiger partial charge is 0.449 e. The molecule has 0 bridgehead atoms. The molecule has 0 spiro atoms. The first kappa shape index (κ1) is 14.5. The Labute approximate surface area is 114 Å². The molecule has 1 unspecified atom stereocenters. The van der Waals surface area contributed by atoms with Crippen LogP contribution in [0.3, 0.4) is 0 Å². The van der Waals surface area contributed by atoms with Gasteiger partial charge in [-0.2, -0.15) is 13.2 Å². The summed E-state index contributed by atoms with van der Waals surface area (Å²) < 4.78 is 37.7. The molecule has 1 aromatic carbocycles. The second-order valence-electron chi connectivity index (χ2n) is 4.58. The van der Waals surface area contributed by atoms with E-state index < -0.39 is 18.1 Å². The summed E-state index contributed by atoms with van der Waals surface area (Å²) in [6.45, 7) is 0.306. The van der Waals surface area contributed by atoms with Crippen LogP contribution >= 0.6 is 0 Å². The molecule has 1 heterocycles. The summed E-state index contributed by atoms with van der Waals surface area (Å²) in [6.07, 6.45) is -4.29. The molecule has 7 heteroatoms. The molecule has 0 aromatic heterocycles. The van der Waals surface area contributed by atoms with Gasteiger partial charge in [-0.3, -0.25) is 10.8 Å². The van der Waals surface area contributed by atoms with Crippen molar-refractivity contribution >= 4 is 11.7 Å². The van der Waals surface area contributed by atoms with E-state index >= 15 is 0 Å². The molecule has 0 saturated carbocycles. The van der Waals surface area contributed by atoms with Crippen molar-refractivity contribution in [3.05, 3.63) is 35.9 Å². The number of alkyl halides is 3. The number of amidine groups is 2. The van der Waals surface area contributed by atoms with E-state index in [2.05, 4.69) is 5.32 Å². The van der Waals surface area contributed by atoms with Gasteiger partial charge in [0.05, 0.1) is 6.04 Å². The van der Waals surface area contributed by atoms with E-state index in [1.807, 2.05) is 30.3 Å². The summed E-state index contributed by atoms with van der Waals surface area (Å²) in [6, 6.07) is 8.77. The molecule has 1 saturated heterocycles. The molecular formula is C13H15F3N4. The smallest absolute Gasteiger partial charge is 0.309 e. The van der Waals surface area contributed by atoms with Crippen molar-refractivity contribution < 1.29 is 13.2 Å². The van der Waals surface area contributed by atoms with Gasteiger partial charge in [0.15, 0.2) is 0 Å². The number of hydrogen-bond acceptors (Lipinski definition) is 3. The zero-order chi connectivity index (χ0) is 14.8. The molecule has 108 valence electrons. The second-order valence-corrected chi connectivity index (χ2v) is 4.58. The van der Waals surface area contributed by atoms with Crippen LogP contribution in [0.2, 0.25) is 0 Å². The van der Waals surface area contributed by atoms with Crippen LogP contribution in [0.25, 0.3) is 0 Å². The fraction of sp³-hybridized carbons (Fsp3) is 0.385. The number of hydrogen-bond donors (Lipinski definition) is 3. The maximum absolute atomic E-state index is 12.6. The van der Waals surface area contributed by atoms with Crippen molar-refractivity contribution in [2.75, 3.05) is 13.1 Å². The van der Waals surface area contributed by atoms with Crippen molar-refractivity contribution in [2.24, 2.45) is 0 Å². The monoisotopic (exact) mass is 284 g/mol. The highest BCUT2D eigenvalue weighted by Crippen LogP contribution is 2.21. The molecule has 0 aliphatic carbocycles. The van der Waals surface area contributed by atoms with E-state index in [4.69, 9.17) is 10.8 Å². The van der Waals surface area contributed by atoms with Crippen molar-refractivity contribution in [2.45, 2.75) is 18.6 Å². The Morgan fingerprint density at radius 3 is 2.55 bits per heavy atom. The summed E-state index contributed by atoms with van der Waals surface area (Å²) in [7, 11) is 0. The number of halogens is 3. The Bertz CT molecular complexity index is 498. The molecule has 4 nitrogen and oxygen atoms in total. The van der Waals surface area contributed by atoms with Crippen molar-refractivity contribution in [3.63, 3.8) is 0 Å². The molecule has 1 fully saturated rings. The SMILES string of the molecule is N=C1C(Cc2ccccc2)NCCN1C(=N)C(F)(F)F. The zero-order valence-electron chi connectivity index (χ0n) is 10.7. The first-order valence-electron chi connectivity index (χ1n) is 6.18. The number of rotatable bonds is 2. The van der Waals surface area contributed by atoms with Crippen LogP contribution in [-0.2, 0) is 6.42 Å². The van der Waals surface area contributed by atoms with Crippen LogP contribution in [0.1, 0.15) is 5.56 Å². The Kier molecular flexibility index (Phi) is 4.08. The Morgan fingerprint density at radius 2 is 1.95 bits per heavy atom. The molecule has 0 radical (unpaired) electrons. The van der Waals surface area contributed by atoms with Gasteiger partial charge in [0.2, 0.25) is 5.84 Å². The lowest BCUT2D eigenvalue weighted by molar-refractivity contribution is -0.0673. The predicted octanol–water partition coefficient (Wildman–Crippen LogP) is 2.02. The van der Waals surface area contributed by atoms with Crippen molar-refractivity contribution in [3.8, 4) is 0 Å². The van der Waals surface area contributed by atoms with Gasteiger partial charge in [-0.25, -0.2) is 0 Å². The van der Waals surface area contributed by atoms with Gasteiger partial charge < -0.3 is 10.2 Å². The van der Waals surface area contributed by atoms with Gasteiger partial charge in [0.1, 0.15) is 5.84 Å².